The Morgan fingerprint density at radius 1 is 0.267 bits per heavy atom. The number of hydrogen-bond acceptors (Lipinski definition) is 2. The molecule has 184 valence electrons. The van der Waals surface area contributed by atoms with Gasteiger partial charge in [0.2, 0.25) is 0 Å². The molecule has 0 unspecified atom stereocenters. The first-order valence-electron chi connectivity index (χ1n) is 14.0. The normalized spacial score (nSPS) is 10.8. The molecule has 0 spiro atoms. The minimum absolute atomic E-state index is 0.372. The molecule has 0 aliphatic heterocycles. The fourth-order valence-corrected chi connectivity index (χ4v) is 3.91. The van der Waals surface area contributed by atoms with Crippen molar-refractivity contribution < 1.29 is 10.2 Å². The van der Waals surface area contributed by atoms with Crippen LogP contribution in [0.2, 0.25) is 0 Å². The van der Waals surface area contributed by atoms with Crippen molar-refractivity contribution >= 4 is 0 Å². The van der Waals surface area contributed by atoms with E-state index in [0.717, 1.165) is 12.8 Å². The molecule has 2 N–H and O–H groups in total. The zero-order chi connectivity index (χ0) is 22.4. The maximum Gasteiger partial charge on any atom is 0.0431 e. The summed E-state index contributed by atoms with van der Waals surface area (Å²) < 4.78 is 0. The van der Waals surface area contributed by atoms with Crippen LogP contribution in [0.4, 0.5) is 0 Å². The first-order valence-corrected chi connectivity index (χ1v) is 14.0. The number of rotatable bonds is 24. The summed E-state index contributed by atoms with van der Waals surface area (Å²) in [5.41, 5.74) is 0. The maximum absolute atomic E-state index is 8.61. The van der Waals surface area contributed by atoms with Gasteiger partial charge in [-0.2, -0.15) is 0 Å². The Hall–Kier alpha value is -0.0800. The van der Waals surface area contributed by atoms with Crippen molar-refractivity contribution in [1.29, 1.82) is 0 Å². The molecule has 0 amide bonds. The van der Waals surface area contributed by atoms with Gasteiger partial charge in [-0.3, -0.25) is 0 Å². The lowest BCUT2D eigenvalue weighted by atomic mass is 10.1. The highest BCUT2D eigenvalue weighted by Crippen LogP contribution is 2.12. The molecule has 0 aromatic heterocycles. The molecule has 0 atom stereocenters. The van der Waals surface area contributed by atoms with Gasteiger partial charge in [0.15, 0.2) is 0 Å². The second kappa shape index (κ2) is 33.6. The third-order valence-corrected chi connectivity index (χ3v) is 6.02. The van der Waals surface area contributed by atoms with E-state index in [0.29, 0.717) is 13.2 Å². The van der Waals surface area contributed by atoms with Crippen molar-refractivity contribution in [2.45, 2.75) is 168 Å². The zero-order valence-corrected chi connectivity index (χ0v) is 21.3. The molecule has 0 aliphatic carbocycles. The predicted octanol–water partition coefficient (Wildman–Crippen LogP) is 9.36. The number of aliphatic hydroxyl groups excluding tert-OH is 2. The molecular weight excluding hydrogens is 368 g/mol. The molecule has 0 radical (unpaired) electrons. The van der Waals surface area contributed by atoms with E-state index in [-0.39, 0.29) is 0 Å². The van der Waals surface area contributed by atoms with Crippen LogP contribution in [0.25, 0.3) is 0 Å². The van der Waals surface area contributed by atoms with E-state index < -0.39 is 0 Å². The molecule has 0 rings (SSSR count). The molecule has 0 aromatic carbocycles. The lowest BCUT2D eigenvalue weighted by Gasteiger charge is -2.01. The standard InChI is InChI=1S/2C14H30O/c2*1-2-3-4-5-6-7-8-9-10-11-12-13-14-15/h2*15H,2-14H2,1H3. The Kier molecular flexibility index (Phi) is 35.9. The number of unbranched alkanes of at least 4 members (excludes halogenated alkanes) is 22. The zero-order valence-electron chi connectivity index (χ0n) is 21.3. The lowest BCUT2D eigenvalue weighted by Crippen LogP contribution is -1.84. The van der Waals surface area contributed by atoms with E-state index in [2.05, 4.69) is 13.8 Å². The Morgan fingerprint density at radius 2 is 0.433 bits per heavy atom. The second-order valence-electron chi connectivity index (χ2n) is 9.23. The SMILES string of the molecule is CCCCCCCCCCCCCCO.CCCCCCCCCCCCCCO. The van der Waals surface area contributed by atoms with Gasteiger partial charge in [-0.1, -0.05) is 155 Å². The molecule has 2 nitrogen and oxygen atoms in total. The minimum atomic E-state index is 0.372. The van der Waals surface area contributed by atoms with Gasteiger partial charge in [-0.25, -0.2) is 0 Å². The van der Waals surface area contributed by atoms with Crippen LogP contribution in [-0.4, -0.2) is 23.4 Å². The van der Waals surface area contributed by atoms with Crippen LogP contribution in [0, 0.1) is 0 Å². The summed E-state index contributed by atoms with van der Waals surface area (Å²) >= 11 is 0. The second-order valence-corrected chi connectivity index (χ2v) is 9.23. The summed E-state index contributed by atoms with van der Waals surface area (Å²) in [6, 6.07) is 0. The maximum atomic E-state index is 8.61. The number of hydrogen-bond donors (Lipinski definition) is 2. The van der Waals surface area contributed by atoms with Crippen LogP contribution in [0.3, 0.4) is 0 Å². The molecule has 0 aliphatic rings. The molecule has 0 saturated carbocycles. The first kappa shape index (κ1) is 32.1. The van der Waals surface area contributed by atoms with Gasteiger partial charge in [-0.05, 0) is 12.8 Å². The van der Waals surface area contributed by atoms with Crippen LogP contribution in [0.5, 0.6) is 0 Å². The molecule has 0 bridgehead atoms. The van der Waals surface area contributed by atoms with Gasteiger partial charge >= 0.3 is 0 Å². The summed E-state index contributed by atoms with van der Waals surface area (Å²) in [7, 11) is 0. The summed E-state index contributed by atoms with van der Waals surface area (Å²) in [6.07, 6.45) is 32.5. The van der Waals surface area contributed by atoms with Crippen LogP contribution < -0.4 is 0 Å². The predicted molar refractivity (Wildman–Crippen MR) is 136 cm³/mol. The monoisotopic (exact) mass is 428 g/mol. The van der Waals surface area contributed by atoms with E-state index in [1.807, 2.05) is 0 Å². The van der Waals surface area contributed by atoms with Gasteiger partial charge in [0.25, 0.3) is 0 Å². The Morgan fingerprint density at radius 3 is 0.600 bits per heavy atom. The number of aliphatic hydroxyl groups is 2. The highest BCUT2D eigenvalue weighted by Gasteiger charge is 1.93. The van der Waals surface area contributed by atoms with Crippen molar-refractivity contribution in [1.82, 2.24) is 0 Å². The quantitative estimate of drug-likeness (QED) is 0.150. The third-order valence-electron chi connectivity index (χ3n) is 6.02. The van der Waals surface area contributed by atoms with E-state index in [9.17, 15) is 0 Å². The first-order chi connectivity index (χ1) is 14.8. The fourth-order valence-electron chi connectivity index (χ4n) is 3.91. The molecule has 0 heterocycles. The van der Waals surface area contributed by atoms with Gasteiger partial charge in [0, 0.05) is 13.2 Å². The minimum Gasteiger partial charge on any atom is -0.396 e. The molecule has 30 heavy (non-hydrogen) atoms. The Bertz CT molecular complexity index is 205. The van der Waals surface area contributed by atoms with E-state index in [4.69, 9.17) is 10.2 Å². The van der Waals surface area contributed by atoms with Gasteiger partial charge in [0.1, 0.15) is 0 Å². The lowest BCUT2D eigenvalue weighted by molar-refractivity contribution is 0.282. The van der Waals surface area contributed by atoms with Crippen molar-refractivity contribution in [2.24, 2.45) is 0 Å². The Balaban J connectivity index is 0. The smallest absolute Gasteiger partial charge is 0.0431 e. The molecular formula is C28H60O2. The molecule has 0 fully saturated rings. The van der Waals surface area contributed by atoms with E-state index in [1.54, 1.807) is 0 Å². The van der Waals surface area contributed by atoms with E-state index >= 15 is 0 Å². The highest BCUT2D eigenvalue weighted by atomic mass is 16.3. The van der Waals surface area contributed by atoms with Gasteiger partial charge in [0.05, 0.1) is 0 Å². The Labute approximate surface area is 191 Å². The average molecular weight is 429 g/mol. The van der Waals surface area contributed by atoms with Crippen LogP contribution in [0.15, 0.2) is 0 Å². The van der Waals surface area contributed by atoms with Crippen LogP contribution in [-0.2, 0) is 0 Å². The molecule has 0 aromatic rings. The van der Waals surface area contributed by atoms with Crippen LogP contribution in [0.1, 0.15) is 168 Å². The highest BCUT2D eigenvalue weighted by molar-refractivity contribution is 4.49. The summed E-state index contributed by atoms with van der Waals surface area (Å²) in [5.74, 6) is 0. The fraction of sp³-hybridized carbons (Fsp3) is 1.00. The van der Waals surface area contributed by atoms with Crippen molar-refractivity contribution in [2.75, 3.05) is 13.2 Å². The summed E-state index contributed by atoms with van der Waals surface area (Å²) in [6.45, 7) is 5.29. The third kappa shape index (κ3) is 35.4. The average Bonchev–Trinajstić information content (AvgIpc) is 2.76. The topological polar surface area (TPSA) is 40.5 Å². The van der Waals surface area contributed by atoms with Crippen molar-refractivity contribution in [3.63, 3.8) is 0 Å². The molecule has 0 saturated heterocycles. The van der Waals surface area contributed by atoms with Gasteiger partial charge in [-0.15, -0.1) is 0 Å². The van der Waals surface area contributed by atoms with Crippen molar-refractivity contribution in [3.05, 3.63) is 0 Å². The summed E-state index contributed by atoms with van der Waals surface area (Å²) in [5, 5.41) is 17.2. The molecule has 2 heteroatoms. The van der Waals surface area contributed by atoms with Gasteiger partial charge < -0.3 is 10.2 Å². The largest absolute Gasteiger partial charge is 0.396 e. The summed E-state index contributed by atoms with van der Waals surface area (Å²) in [4.78, 5) is 0. The van der Waals surface area contributed by atoms with Crippen LogP contribution >= 0.6 is 0 Å². The van der Waals surface area contributed by atoms with Crippen molar-refractivity contribution in [3.8, 4) is 0 Å². The van der Waals surface area contributed by atoms with E-state index in [1.165, 1.54) is 141 Å².